The molecule has 1 aromatic carbocycles. The van der Waals surface area contributed by atoms with Crippen LogP contribution < -0.4 is 10.1 Å². The smallest absolute Gasteiger partial charge is 0.222 e. The summed E-state index contributed by atoms with van der Waals surface area (Å²) in [5.41, 5.74) is 0.717. The lowest BCUT2D eigenvalue weighted by atomic mass is 9.70. The molecule has 2 saturated heterocycles. The van der Waals surface area contributed by atoms with Crippen molar-refractivity contribution in [1.29, 1.82) is 0 Å². The van der Waals surface area contributed by atoms with Gasteiger partial charge in [0.15, 0.2) is 0 Å². The van der Waals surface area contributed by atoms with Gasteiger partial charge in [-0.1, -0.05) is 18.0 Å². The van der Waals surface area contributed by atoms with E-state index in [9.17, 15) is 9.59 Å². The molecule has 0 unspecified atom stereocenters. The molecule has 6 nitrogen and oxygen atoms in total. The number of carbonyl (C=O) groups is 2. The van der Waals surface area contributed by atoms with Gasteiger partial charge in [0.05, 0.1) is 12.2 Å². The molecule has 3 heterocycles. The summed E-state index contributed by atoms with van der Waals surface area (Å²) in [5, 5.41) is 3.50. The van der Waals surface area contributed by atoms with Gasteiger partial charge in [-0.2, -0.15) is 0 Å². The van der Waals surface area contributed by atoms with Crippen LogP contribution in [-0.2, 0) is 14.3 Å². The van der Waals surface area contributed by atoms with Crippen LogP contribution in [0.3, 0.4) is 0 Å². The molecule has 1 aromatic rings. The predicted octanol–water partition coefficient (Wildman–Crippen LogP) is 4.50. The van der Waals surface area contributed by atoms with Gasteiger partial charge < -0.3 is 19.7 Å². The Kier molecular flexibility index (Phi) is 7.01. The van der Waals surface area contributed by atoms with Gasteiger partial charge in [-0.25, -0.2) is 0 Å². The first-order chi connectivity index (χ1) is 15.2. The van der Waals surface area contributed by atoms with Gasteiger partial charge >= 0.3 is 0 Å². The highest BCUT2D eigenvalue weighted by atomic mass is 35.5. The Labute approximate surface area is 196 Å². The Morgan fingerprint density at radius 3 is 2.84 bits per heavy atom. The lowest BCUT2D eigenvalue weighted by Crippen LogP contribution is -2.55. The molecule has 4 atom stereocenters. The topological polar surface area (TPSA) is 67.9 Å². The van der Waals surface area contributed by atoms with E-state index in [1.165, 1.54) is 6.92 Å². The average Bonchev–Trinajstić information content (AvgIpc) is 2.75. The van der Waals surface area contributed by atoms with E-state index in [0.29, 0.717) is 23.9 Å². The highest BCUT2D eigenvalue weighted by molar-refractivity contribution is 6.30. The fraction of sp³-hybridized carbons (Fsp3) is 0.680. The molecule has 3 aliphatic heterocycles. The Morgan fingerprint density at radius 2 is 2.06 bits per heavy atom. The van der Waals surface area contributed by atoms with E-state index in [0.717, 1.165) is 56.5 Å². The normalized spacial score (nSPS) is 28.1. The molecule has 0 bridgehead atoms. The molecule has 4 rings (SSSR count). The number of halogens is 1. The number of ether oxygens (including phenoxy) is 2. The second-order valence-corrected chi connectivity index (χ2v) is 10.4. The molecule has 2 amide bonds. The van der Waals surface area contributed by atoms with Crippen LogP contribution in [0.1, 0.15) is 71.0 Å². The second kappa shape index (κ2) is 9.60. The quantitative estimate of drug-likeness (QED) is 0.632. The maximum absolute atomic E-state index is 12.8. The Hall–Kier alpha value is -1.79. The zero-order valence-corrected chi connectivity index (χ0v) is 20.1. The van der Waals surface area contributed by atoms with Crippen molar-refractivity contribution in [2.24, 2.45) is 11.8 Å². The van der Waals surface area contributed by atoms with Crippen LogP contribution in [0.2, 0.25) is 5.02 Å². The Bertz CT molecular complexity index is 858. The third kappa shape index (κ3) is 5.07. The fourth-order valence-corrected chi connectivity index (χ4v) is 5.69. The summed E-state index contributed by atoms with van der Waals surface area (Å²) in [4.78, 5) is 25.7. The van der Waals surface area contributed by atoms with Crippen molar-refractivity contribution in [3.05, 3.63) is 28.8 Å². The van der Waals surface area contributed by atoms with Crippen molar-refractivity contribution in [1.82, 2.24) is 10.2 Å². The van der Waals surface area contributed by atoms with Gasteiger partial charge in [-0.3, -0.25) is 9.59 Å². The van der Waals surface area contributed by atoms with Gasteiger partial charge in [0, 0.05) is 55.4 Å². The average molecular weight is 463 g/mol. The van der Waals surface area contributed by atoms with Gasteiger partial charge in [-0.15, -0.1) is 0 Å². The van der Waals surface area contributed by atoms with E-state index in [-0.39, 0.29) is 35.5 Å². The number of likely N-dealkylation sites (tertiary alicyclic amines) is 1. The molecule has 1 N–H and O–H groups in total. The highest BCUT2D eigenvalue weighted by Gasteiger charge is 2.51. The maximum atomic E-state index is 12.8. The minimum absolute atomic E-state index is 0.000911. The van der Waals surface area contributed by atoms with Crippen LogP contribution >= 0.6 is 11.6 Å². The standard InChI is InChI=1S/C25H35ClN2O4/c1-16(29)27-11-6-4-5-7-23(30)28-12-10-21-17(15-28)13-20-24(31-21)19-14-18(26)8-9-22(19)32-25(20,2)3/h8-9,14,17,20-21,24H,4-7,10-13,15H2,1-3H3,(H,27,29)/t17-,20+,21+,24-/m0/s1. The molecule has 2 fully saturated rings. The van der Waals surface area contributed by atoms with Crippen LogP contribution in [-0.4, -0.2) is 48.1 Å². The van der Waals surface area contributed by atoms with Gasteiger partial charge in [0.1, 0.15) is 11.4 Å². The van der Waals surface area contributed by atoms with Crippen molar-refractivity contribution >= 4 is 23.4 Å². The number of piperidine rings is 1. The first-order valence-corrected chi connectivity index (χ1v) is 12.3. The van der Waals surface area contributed by atoms with E-state index in [1.807, 2.05) is 23.1 Å². The number of carbonyl (C=O) groups excluding carboxylic acids is 2. The molecule has 0 saturated carbocycles. The summed E-state index contributed by atoms with van der Waals surface area (Å²) in [5.74, 6) is 1.65. The molecule has 0 spiro atoms. The van der Waals surface area contributed by atoms with Crippen LogP contribution in [0.4, 0.5) is 0 Å². The maximum Gasteiger partial charge on any atom is 0.222 e. The third-order valence-electron chi connectivity index (χ3n) is 7.25. The summed E-state index contributed by atoms with van der Waals surface area (Å²) in [7, 11) is 0. The number of hydrogen-bond acceptors (Lipinski definition) is 4. The van der Waals surface area contributed by atoms with E-state index < -0.39 is 0 Å². The SMILES string of the molecule is CC(=O)NCCCCCC(=O)N1CC[C@H]2O[C@H]3c4cc(Cl)ccc4OC(C)(C)[C@@H]3C[C@H]2C1. The molecule has 176 valence electrons. The third-order valence-corrected chi connectivity index (χ3v) is 7.48. The molecule has 7 heteroatoms. The number of nitrogens with one attached hydrogen (secondary N) is 1. The van der Waals surface area contributed by atoms with Gasteiger partial charge in [0.2, 0.25) is 11.8 Å². The van der Waals surface area contributed by atoms with Crippen LogP contribution in [0.15, 0.2) is 18.2 Å². The second-order valence-electron chi connectivity index (χ2n) is 10.0. The lowest BCUT2D eigenvalue weighted by molar-refractivity contribution is -0.188. The van der Waals surface area contributed by atoms with Gasteiger partial charge in [0.25, 0.3) is 0 Å². The van der Waals surface area contributed by atoms with Crippen molar-refractivity contribution < 1.29 is 19.1 Å². The van der Waals surface area contributed by atoms with Crippen molar-refractivity contribution in [3.63, 3.8) is 0 Å². The Morgan fingerprint density at radius 1 is 1.25 bits per heavy atom. The minimum Gasteiger partial charge on any atom is -0.487 e. The van der Waals surface area contributed by atoms with Crippen molar-refractivity contribution in [3.8, 4) is 5.75 Å². The largest absolute Gasteiger partial charge is 0.487 e. The molecule has 0 aliphatic carbocycles. The molecule has 0 radical (unpaired) electrons. The molecular weight excluding hydrogens is 428 g/mol. The number of rotatable bonds is 6. The van der Waals surface area contributed by atoms with Crippen LogP contribution in [0, 0.1) is 11.8 Å². The number of amides is 2. The summed E-state index contributed by atoms with van der Waals surface area (Å²) in [6.45, 7) is 8.00. The van der Waals surface area contributed by atoms with Crippen molar-refractivity contribution in [2.75, 3.05) is 19.6 Å². The minimum atomic E-state index is -0.337. The van der Waals surface area contributed by atoms with Crippen LogP contribution in [0.25, 0.3) is 0 Å². The predicted molar refractivity (Wildman–Crippen MR) is 124 cm³/mol. The summed E-state index contributed by atoms with van der Waals surface area (Å²) < 4.78 is 13.0. The van der Waals surface area contributed by atoms with E-state index in [4.69, 9.17) is 21.1 Å². The summed E-state index contributed by atoms with van der Waals surface area (Å²) >= 11 is 6.28. The number of unbranched alkanes of at least 4 members (excludes halogenated alkanes) is 2. The molecule has 32 heavy (non-hydrogen) atoms. The fourth-order valence-electron chi connectivity index (χ4n) is 5.51. The zero-order chi connectivity index (χ0) is 22.9. The van der Waals surface area contributed by atoms with Crippen molar-refractivity contribution in [2.45, 2.75) is 77.1 Å². The first-order valence-electron chi connectivity index (χ1n) is 11.9. The number of nitrogens with zero attached hydrogens (tertiary/aromatic N) is 1. The van der Waals surface area contributed by atoms with E-state index in [1.54, 1.807) is 0 Å². The lowest BCUT2D eigenvalue weighted by Gasteiger charge is -2.53. The summed E-state index contributed by atoms with van der Waals surface area (Å²) in [6.07, 6.45) is 5.31. The molecule has 0 aromatic heterocycles. The summed E-state index contributed by atoms with van der Waals surface area (Å²) in [6, 6.07) is 5.80. The highest BCUT2D eigenvalue weighted by Crippen LogP contribution is 2.53. The zero-order valence-electron chi connectivity index (χ0n) is 19.4. The monoisotopic (exact) mass is 462 g/mol. The number of benzene rings is 1. The molecular formula is C25H35ClN2O4. The number of hydrogen-bond donors (Lipinski definition) is 1. The Balaban J connectivity index is 1.34. The van der Waals surface area contributed by atoms with E-state index >= 15 is 0 Å². The first kappa shape index (κ1) is 23.4. The van der Waals surface area contributed by atoms with Gasteiger partial charge in [-0.05, 0) is 57.7 Å². The van der Waals surface area contributed by atoms with E-state index in [2.05, 4.69) is 19.2 Å². The molecule has 3 aliphatic rings. The van der Waals surface area contributed by atoms with Crippen LogP contribution in [0.5, 0.6) is 5.75 Å². The number of fused-ring (bicyclic) bond motifs is 4.